The number of ether oxygens (including phenoxy) is 5. The molecule has 21 heavy (non-hydrogen) atoms. The Bertz CT molecular complexity index is 362. The molecule has 1 heterocycles. The smallest absolute Gasteiger partial charge is 0.303 e. The van der Waals surface area contributed by atoms with Gasteiger partial charge in [-0.15, -0.1) is 11.8 Å². The van der Waals surface area contributed by atoms with E-state index in [4.69, 9.17) is 23.7 Å². The Labute approximate surface area is 128 Å². The van der Waals surface area contributed by atoms with Crippen LogP contribution in [-0.4, -0.2) is 68.9 Å². The van der Waals surface area contributed by atoms with Crippen molar-refractivity contribution in [3.63, 3.8) is 0 Å². The summed E-state index contributed by atoms with van der Waals surface area (Å²) in [5.41, 5.74) is -0.551. The second kappa shape index (κ2) is 8.57. The number of rotatable bonds is 6. The minimum Gasteiger partial charge on any atom is -0.458 e. The number of methoxy groups -OCH3 is 3. The van der Waals surface area contributed by atoms with Crippen molar-refractivity contribution in [2.75, 3.05) is 27.9 Å². The largest absolute Gasteiger partial charge is 0.458 e. The first-order valence-electron chi connectivity index (χ1n) is 6.49. The van der Waals surface area contributed by atoms with E-state index in [2.05, 4.69) is 0 Å². The highest BCUT2D eigenvalue weighted by molar-refractivity contribution is 8.00. The molecule has 0 radical (unpaired) electrons. The molecule has 1 rings (SSSR count). The highest BCUT2D eigenvalue weighted by Crippen LogP contribution is 2.37. The van der Waals surface area contributed by atoms with E-state index in [-0.39, 0.29) is 5.25 Å². The van der Waals surface area contributed by atoms with E-state index < -0.39 is 35.7 Å². The van der Waals surface area contributed by atoms with Gasteiger partial charge in [-0.2, -0.15) is 0 Å². The van der Waals surface area contributed by atoms with Crippen LogP contribution in [0.15, 0.2) is 0 Å². The van der Waals surface area contributed by atoms with Crippen LogP contribution in [0.4, 0.5) is 0 Å². The molecule has 0 aromatic rings. The third-order valence-electron chi connectivity index (χ3n) is 3.05. The van der Waals surface area contributed by atoms with Crippen molar-refractivity contribution in [2.45, 2.75) is 42.8 Å². The van der Waals surface area contributed by atoms with Gasteiger partial charge in [-0.05, 0) is 0 Å². The zero-order chi connectivity index (χ0) is 16.0. The Balaban J connectivity index is 3.00. The molecule has 0 bridgehead atoms. The Morgan fingerprint density at radius 1 is 0.905 bits per heavy atom. The maximum absolute atomic E-state index is 11.3. The predicted octanol–water partition coefficient (Wildman–Crippen LogP) is 0.599. The van der Waals surface area contributed by atoms with Gasteiger partial charge in [-0.25, -0.2) is 0 Å². The van der Waals surface area contributed by atoms with Crippen LogP contribution in [0, 0.1) is 0 Å². The molecule has 0 N–H and O–H groups in total. The van der Waals surface area contributed by atoms with Crippen molar-refractivity contribution >= 4 is 23.7 Å². The van der Waals surface area contributed by atoms with Crippen molar-refractivity contribution in [1.82, 2.24) is 0 Å². The van der Waals surface area contributed by atoms with Crippen LogP contribution in [0.25, 0.3) is 0 Å². The molecule has 1 aliphatic rings. The summed E-state index contributed by atoms with van der Waals surface area (Å²) in [6.45, 7) is 3.00. The Morgan fingerprint density at radius 2 is 1.48 bits per heavy atom. The van der Waals surface area contributed by atoms with Crippen LogP contribution >= 0.6 is 11.8 Å². The van der Waals surface area contributed by atoms with Gasteiger partial charge in [0, 0.05) is 35.2 Å². The summed E-state index contributed by atoms with van der Waals surface area (Å²) in [7, 11) is 4.55. The molecule has 0 amide bonds. The van der Waals surface area contributed by atoms with Crippen LogP contribution in [0.5, 0.6) is 0 Å². The summed E-state index contributed by atoms with van der Waals surface area (Å²) in [6, 6.07) is 0. The molecule has 0 spiro atoms. The zero-order valence-electron chi connectivity index (χ0n) is 12.9. The maximum Gasteiger partial charge on any atom is 0.303 e. The van der Waals surface area contributed by atoms with Crippen LogP contribution in [0.1, 0.15) is 13.8 Å². The Morgan fingerprint density at radius 3 is 1.90 bits per heavy atom. The van der Waals surface area contributed by atoms with Gasteiger partial charge >= 0.3 is 11.9 Å². The number of thioether (sulfide) groups is 1. The third-order valence-corrected chi connectivity index (χ3v) is 4.44. The van der Waals surface area contributed by atoms with E-state index >= 15 is 0 Å². The summed E-state index contributed by atoms with van der Waals surface area (Å²) in [5.74, 6) is -0.823. The standard InChI is InChI=1S/C13H22O7S/c1-7(14)19-10-9(6-16-3)21-13(20-8(2)15)12(18-5)11(10)17-4/h9-13H,6H2,1-5H3/t9-,10-,11+,12-,13+/m1/s1. The molecule has 0 unspecified atom stereocenters. The van der Waals surface area contributed by atoms with E-state index in [1.807, 2.05) is 0 Å². The first-order chi connectivity index (χ1) is 9.94. The SMILES string of the molecule is COC[C@H]1S[C@H](OC(C)=O)[C@H](OC)[C@@H](OC)[C@@H]1OC(C)=O. The summed E-state index contributed by atoms with van der Waals surface area (Å²) >= 11 is 1.34. The fraction of sp³-hybridized carbons (Fsp3) is 0.846. The fourth-order valence-electron chi connectivity index (χ4n) is 2.29. The lowest BCUT2D eigenvalue weighted by Gasteiger charge is -2.43. The van der Waals surface area contributed by atoms with Gasteiger partial charge in [-0.1, -0.05) is 0 Å². The summed E-state index contributed by atoms with van der Waals surface area (Å²) in [4.78, 5) is 22.6. The molecular formula is C13H22O7S. The molecule has 1 saturated heterocycles. The van der Waals surface area contributed by atoms with Crippen molar-refractivity contribution in [3.05, 3.63) is 0 Å². The first kappa shape index (κ1) is 18.2. The second-order valence-electron chi connectivity index (χ2n) is 4.58. The first-order valence-corrected chi connectivity index (χ1v) is 7.43. The molecular weight excluding hydrogens is 300 g/mol. The lowest BCUT2D eigenvalue weighted by atomic mass is 10.0. The van der Waals surface area contributed by atoms with Crippen LogP contribution < -0.4 is 0 Å². The van der Waals surface area contributed by atoms with Crippen molar-refractivity contribution in [3.8, 4) is 0 Å². The molecule has 122 valence electrons. The lowest BCUT2D eigenvalue weighted by Crippen LogP contribution is -2.57. The third kappa shape index (κ3) is 4.84. The molecule has 7 nitrogen and oxygen atoms in total. The number of hydrogen-bond donors (Lipinski definition) is 0. The van der Waals surface area contributed by atoms with Gasteiger partial charge in [0.1, 0.15) is 18.3 Å². The number of carbonyl (C=O) groups is 2. The molecule has 5 atom stereocenters. The average molecular weight is 322 g/mol. The van der Waals surface area contributed by atoms with Gasteiger partial charge in [0.2, 0.25) is 0 Å². The molecule has 1 aliphatic heterocycles. The van der Waals surface area contributed by atoms with Crippen LogP contribution in [0.3, 0.4) is 0 Å². The monoisotopic (exact) mass is 322 g/mol. The van der Waals surface area contributed by atoms with Gasteiger partial charge in [0.05, 0.1) is 11.9 Å². The Hall–Kier alpha value is -0.830. The van der Waals surface area contributed by atoms with Crippen LogP contribution in [0.2, 0.25) is 0 Å². The van der Waals surface area contributed by atoms with Gasteiger partial charge in [0.25, 0.3) is 0 Å². The highest BCUT2D eigenvalue weighted by Gasteiger charge is 2.49. The number of esters is 2. The molecule has 8 heteroatoms. The fourth-order valence-corrected chi connectivity index (χ4v) is 3.82. The van der Waals surface area contributed by atoms with Gasteiger partial charge in [0.15, 0.2) is 5.44 Å². The van der Waals surface area contributed by atoms with Crippen LogP contribution in [-0.2, 0) is 33.3 Å². The van der Waals surface area contributed by atoms with E-state index in [0.717, 1.165) is 0 Å². The summed E-state index contributed by atoms with van der Waals surface area (Å²) < 4.78 is 26.6. The van der Waals surface area contributed by atoms with Crippen molar-refractivity contribution < 1.29 is 33.3 Å². The van der Waals surface area contributed by atoms with Gasteiger partial charge in [-0.3, -0.25) is 9.59 Å². The topological polar surface area (TPSA) is 80.3 Å². The van der Waals surface area contributed by atoms with Crippen molar-refractivity contribution in [2.24, 2.45) is 0 Å². The molecule has 0 aromatic carbocycles. The van der Waals surface area contributed by atoms with Gasteiger partial charge < -0.3 is 23.7 Å². The quantitative estimate of drug-likeness (QED) is 0.658. The molecule has 1 fully saturated rings. The van der Waals surface area contributed by atoms with E-state index in [9.17, 15) is 9.59 Å². The molecule has 0 aliphatic carbocycles. The summed E-state index contributed by atoms with van der Waals surface area (Å²) in [6.07, 6.45) is -1.64. The minimum absolute atomic E-state index is 0.223. The zero-order valence-corrected chi connectivity index (χ0v) is 13.7. The molecule has 0 aromatic heterocycles. The van der Waals surface area contributed by atoms with E-state index in [0.29, 0.717) is 6.61 Å². The van der Waals surface area contributed by atoms with E-state index in [1.54, 1.807) is 7.11 Å². The normalized spacial score (nSPS) is 32.5. The Kier molecular flexibility index (Phi) is 7.44. The van der Waals surface area contributed by atoms with E-state index in [1.165, 1.54) is 39.8 Å². The minimum atomic E-state index is -0.551. The lowest BCUT2D eigenvalue weighted by molar-refractivity contribution is -0.177. The molecule has 0 saturated carbocycles. The van der Waals surface area contributed by atoms with Crippen molar-refractivity contribution in [1.29, 1.82) is 0 Å². The summed E-state index contributed by atoms with van der Waals surface area (Å²) in [5, 5.41) is -0.223. The maximum atomic E-state index is 11.3. The predicted molar refractivity (Wildman–Crippen MR) is 76.0 cm³/mol. The highest BCUT2D eigenvalue weighted by atomic mass is 32.2. The average Bonchev–Trinajstić information content (AvgIpc) is 2.40. The second-order valence-corrected chi connectivity index (χ2v) is 5.92. The number of carbonyl (C=O) groups excluding carboxylic acids is 2. The number of hydrogen-bond acceptors (Lipinski definition) is 8.